The molecule has 1 saturated heterocycles. The Morgan fingerprint density at radius 2 is 2.04 bits per heavy atom. The topological polar surface area (TPSA) is 71.8 Å². The molecule has 3 aromatic rings. The Kier molecular flexibility index (Phi) is 4.71. The van der Waals surface area contributed by atoms with Gasteiger partial charge < -0.3 is 19.4 Å². The van der Waals surface area contributed by atoms with Gasteiger partial charge in [-0.1, -0.05) is 32.0 Å². The summed E-state index contributed by atoms with van der Waals surface area (Å²) in [4.78, 5) is 27.0. The predicted molar refractivity (Wildman–Crippen MR) is 109 cm³/mol. The van der Waals surface area contributed by atoms with Gasteiger partial charge in [0.2, 0.25) is 11.8 Å². The quantitative estimate of drug-likeness (QED) is 0.685. The zero-order valence-corrected chi connectivity index (χ0v) is 16.3. The van der Waals surface area contributed by atoms with Gasteiger partial charge in [-0.25, -0.2) is 0 Å². The number of hydrogen-bond donors (Lipinski definition) is 1. The van der Waals surface area contributed by atoms with Gasteiger partial charge in [-0.05, 0) is 24.5 Å². The lowest BCUT2D eigenvalue weighted by Crippen LogP contribution is -2.38. The molecule has 1 aliphatic heterocycles. The van der Waals surface area contributed by atoms with Crippen LogP contribution in [0.3, 0.4) is 0 Å². The third-order valence-corrected chi connectivity index (χ3v) is 5.18. The molecule has 28 heavy (non-hydrogen) atoms. The van der Waals surface area contributed by atoms with Crippen LogP contribution in [0.5, 0.6) is 5.75 Å². The standard InChI is InChI=1S/C22H24N2O4/c1-13(2)12-23-21(25)15-8-9-24(22(15)26)17-11-19-16(10-20(17)27-3)14-6-4-5-7-18(14)28-19/h4-7,10-11,13,15H,8-9,12H2,1-3H3,(H,23,25)/t15-/m1/s1. The molecule has 1 N–H and O–H groups in total. The number of methoxy groups -OCH3 is 1. The number of benzene rings is 2. The zero-order chi connectivity index (χ0) is 19.8. The maximum atomic E-state index is 12.9. The summed E-state index contributed by atoms with van der Waals surface area (Å²) in [5, 5.41) is 4.81. The van der Waals surface area contributed by atoms with Crippen molar-refractivity contribution < 1.29 is 18.7 Å². The summed E-state index contributed by atoms with van der Waals surface area (Å²) in [6, 6.07) is 11.5. The molecule has 0 unspecified atom stereocenters. The third kappa shape index (κ3) is 3.09. The number of hydrogen-bond acceptors (Lipinski definition) is 4. The second-order valence-corrected chi connectivity index (χ2v) is 7.59. The minimum atomic E-state index is -0.658. The van der Waals surface area contributed by atoms with Crippen LogP contribution in [0.1, 0.15) is 20.3 Å². The first-order valence-electron chi connectivity index (χ1n) is 9.58. The fourth-order valence-electron chi connectivity index (χ4n) is 3.71. The van der Waals surface area contributed by atoms with Gasteiger partial charge >= 0.3 is 0 Å². The second-order valence-electron chi connectivity index (χ2n) is 7.59. The summed E-state index contributed by atoms with van der Waals surface area (Å²) >= 11 is 0. The molecule has 4 rings (SSSR count). The summed E-state index contributed by atoms with van der Waals surface area (Å²) in [6.45, 7) is 5.09. The number of furan rings is 1. The molecule has 1 aliphatic rings. The summed E-state index contributed by atoms with van der Waals surface area (Å²) in [6.07, 6.45) is 0.490. The number of nitrogens with one attached hydrogen (secondary N) is 1. The summed E-state index contributed by atoms with van der Waals surface area (Å²) in [5.41, 5.74) is 2.12. The fourth-order valence-corrected chi connectivity index (χ4v) is 3.71. The van der Waals surface area contributed by atoms with Gasteiger partial charge in [0.05, 0.1) is 12.8 Å². The molecular formula is C22H24N2O4. The molecule has 0 aliphatic carbocycles. The Labute approximate surface area is 163 Å². The molecule has 1 fully saturated rings. The first-order valence-corrected chi connectivity index (χ1v) is 9.58. The number of nitrogens with zero attached hydrogens (tertiary/aromatic N) is 1. The van der Waals surface area contributed by atoms with Gasteiger partial charge in [0, 0.05) is 29.9 Å². The molecule has 0 bridgehead atoms. The molecule has 6 heteroatoms. The van der Waals surface area contributed by atoms with E-state index in [9.17, 15) is 9.59 Å². The Hall–Kier alpha value is -3.02. The maximum absolute atomic E-state index is 12.9. The van der Waals surface area contributed by atoms with Gasteiger partial charge in [0.25, 0.3) is 0 Å². The van der Waals surface area contributed by atoms with E-state index in [2.05, 4.69) is 5.32 Å². The summed E-state index contributed by atoms with van der Waals surface area (Å²) in [7, 11) is 1.58. The third-order valence-electron chi connectivity index (χ3n) is 5.18. The molecule has 0 spiro atoms. The van der Waals surface area contributed by atoms with E-state index in [0.29, 0.717) is 42.4 Å². The average Bonchev–Trinajstić information content (AvgIpc) is 3.24. The highest BCUT2D eigenvalue weighted by atomic mass is 16.5. The van der Waals surface area contributed by atoms with Gasteiger partial charge in [0.15, 0.2) is 0 Å². The summed E-state index contributed by atoms with van der Waals surface area (Å²) < 4.78 is 11.5. The molecule has 0 saturated carbocycles. The Morgan fingerprint density at radius 3 is 2.79 bits per heavy atom. The van der Waals surface area contributed by atoms with Crippen LogP contribution in [-0.4, -0.2) is 32.0 Å². The Morgan fingerprint density at radius 1 is 1.25 bits per heavy atom. The number of fused-ring (bicyclic) bond motifs is 3. The molecule has 2 amide bonds. The second kappa shape index (κ2) is 7.19. The minimum absolute atomic E-state index is 0.199. The number of para-hydroxylation sites is 1. The lowest BCUT2D eigenvalue weighted by atomic mass is 10.1. The van der Waals surface area contributed by atoms with E-state index in [0.717, 1.165) is 16.4 Å². The van der Waals surface area contributed by atoms with Crippen molar-refractivity contribution in [1.29, 1.82) is 0 Å². The van der Waals surface area contributed by atoms with Crippen molar-refractivity contribution in [2.24, 2.45) is 11.8 Å². The first kappa shape index (κ1) is 18.3. The van der Waals surface area contributed by atoms with Crippen LogP contribution in [0, 0.1) is 11.8 Å². The van der Waals surface area contributed by atoms with Crippen LogP contribution in [-0.2, 0) is 9.59 Å². The van der Waals surface area contributed by atoms with E-state index in [1.54, 1.807) is 12.0 Å². The number of anilines is 1. The number of carbonyl (C=O) groups excluding carboxylic acids is 2. The zero-order valence-electron chi connectivity index (χ0n) is 16.3. The number of amides is 2. The maximum Gasteiger partial charge on any atom is 0.239 e. The van der Waals surface area contributed by atoms with Crippen molar-refractivity contribution in [2.45, 2.75) is 20.3 Å². The van der Waals surface area contributed by atoms with Crippen LogP contribution in [0.25, 0.3) is 21.9 Å². The fraction of sp³-hybridized carbons (Fsp3) is 0.364. The van der Waals surface area contributed by atoms with Crippen molar-refractivity contribution >= 4 is 39.4 Å². The van der Waals surface area contributed by atoms with Gasteiger partial charge in [0.1, 0.15) is 22.8 Å². The molecular weight excluding hydrogens is 356 g/mol. The number of ether oxygens (including phenoxy) is 1. The first-order chi connectivity index (χ1) is 13.5. The molecule has 146 valence electrons. The van der Waals surface area contributed by atoms with Crippen LogP contribution >= 0.6 is 0 Å². The van der Waals surface area contributed by atoms with E-state index in [4.69, 9.17) is 9.15 Å². The van der Waals surface area contributed by atoms with Gasteiger partial charge in [-0.2, -0.15) is 0 Å². The molecule has 6 nitrogen and oxygen atoms in total. The van der Waals surface area contributed by atoms with E-state index in [1.165, 1.54) is 0 Å². The largest absolute Gasteiger partial charge is 0.495 e. The number of rotatable bonds is 5. The number of carbonyl (C=O) groups is 2. The van der Waals surface area contributed by atoms with E-state index in [-0.39, 0.29) is 11.8 Å². The lowest BCUT2D eigenvalue weighted by molar-refractivity contribution is -0.132. The van der Waals surface area contributed by atoms with Gasteiger partial charge in [-0.3, -0.25) is 9.59 Å². The minimum Gasteiger partial charge on any atom is -0.495 e. The Bertz CT molecular complexity index is 1050. The molecule has 2 heterocycles. The molecule has 1 atom stereocenters. The van der Waals surface area contributed by atoms with E-state index in [1.807, 2.05) is 50.2 Å². The molecule has 1 aromatic heterocycles. The van der Waals surface area contributed by atoms with E-state index >= 15 is 0 Å². The van der Waals surface area contributed by atoms with Crippen molar-refractivity contribution in [2.75, 3.05) is 25.1 Å². The van der Waals surface area contributed by atoms with Crippen LogP contribution in [0.4, 0.5) is 5.69 Å². The van der Waals surface area contributed by atoms with Crippen LogP contribution < -0.4 is 15.0 Å². The van der Waals surface area contributed by atoms with Crippen molar-refractivity contribution in [1.82, 2.24) is 5.32 Å². The average molecular weight is 380 g/mol. The molecule has 0 radical (unpaired) electrons. The normalized spacial score (nSPS) is 17.1. The van der Waals surface area contributed by atoms with Crippen molar-refractivity contribution in [3.63, 3.8) is 0 Å². The van der Waals surface area contributed by atoms with Crippen molar-refractivity contribution in [3.8, 4) is 5.75 Å². The van der Waals surface area contributed by atoms with Crippen LogP contribution in [0.15, 0.2) is 40.8 Å². The van der Waals surface area contributed by atoms with Gasteiger partial charge in [-0.15, -0.1) is 0 Å². The Balaban J connectivity index is 1.67. The molecule has 2 aromatic carbocycles. The highest BCUT2D eigenvalue weighted by molar-refractivity contribution is 6.12. The lowest BCUT2D eigenvalue weighted by Gasteiger charge is -2.20. The summed E-state index contributed by atoms with van der Waals surface area (Å²) in [5.74, 6) is -0.127. The van der Waals surface area contributed by atoms with Crippen LogP contribution in [0.2, 0.25) is 0 Å². The SMILES string of the molecule is COc1cc2c(cc1N1CC[C@H](C(=O)NCC(C)C)C1=O)oc1ccccc12. The monoisotopic (exact) mass is 380 g/mol. The smallest absolute Gasteiger partial charge is 0.239 e. The van der Waals surface area contributed by atoms with Crippen molar-refractivity contribution in [3.05, 3.63) is 36.4 Å². The highest BCUT2D eigenvalue weighted by Gasteiger charge is 2.38. The predicted octanol–water partition coefficient (Wildman–Crippen LogP) is 3.72. The highest BCUT2D eigenvalue weighted by Crippen LogP contribution is 2.40. The van der Waals surface area contributed by atoms with E-state index < -0.39 is 5.92 Å².